The molecule has 1 aliphatic heterocycles. The van der Waals surface area contributed by atoms with Crippen LogP contribution in [0.5, 0.6) is 5.75 Å². The second-order valence-electron chi connectivity index (χ2n) is 4.85. The van der Waals surface area contributed by atoms with Crippen LogP contribution in [0.25, 0.3) is 0 Å². The Bertz CT molecular complexity index is 397. The lowest BCUT2D eigenvalue weighted by Gasteiger charge is -2.26. The number of rotatable bonds is 5. The van der Waals surface area contributed by atoms with E-state index in [1.807, 2.05) is 38.1 Å². The average molecular weight is 233 g/mol. The smallest absolute Gasteiger partial charge is 0.163 e. The first kappa shape index (κ1) is 12.1. The van der Waals surface area contributed by atoms with Gasteiger partial charge >= 0.3 is 0 Å². The average Bonchev–Trinajstić information content (AvgIpc) is 2.22. The molecule has 3 nitrogen and oxygen atoms in total. The summed E-state index contributed by atoms with van der Waals surface area (Å²) in [4.78, 5) is 12.0. The zero-order chi connectivity index (χ0) is 12.3. The number of hydrogen-bond donors (Lipinski definition) is 1. The van der Waals surface area contributed by atoms with Crippen LogP contribution in [0.1, 0.15) is 30.6 Å². The first-order chi connectivity index (χ1) is 8.15. The number of ketones is 1. The molecule has 0 radical (unpaired) electrons. The van der Waals surface area contributed by atoms with E-state index < -0.39 is 0 Å². The summed E-state index contributed by atoms with van der Waals surface area (Å²) >= 11 is 0. The molecule has 0 unspecified atom stereocenters. The molecular weight excluding hydrogens is 214 g/mol. The summed E-state index contributed by atoms with van der Waals surface area (Å²) in [6.45, 7) is 5.89. The highest BCUT2D eigenvalue weighted by atomic mass is 16.5. The molecule has 92 valence electrons. The van der Waals surface area contributed by atoms with Crippen LogP contribution in [0, 0.1) is 5.92 Å². The van der Waals surface area contributed by atoms with Crippen LogP contribution in [0.4, 0.5) is 0 Å². The van der Waals surface area contributed by atoms with Gasteiger partial charge < -0.3 is 10.1 Å². The van der Waals surface area contributed by atoms with Crippen LogP contribution in [-0.4, -0.2) is 25.0 Å². The highest BCUT2D eigenvalue weighted by Crippen LogP contribution is 2.18. The normalized spacial score (nSPS) is 15.7. The van der Waals surface area contributed by atoms with Gasteiger partial charge in [0.2, 0.25) is 0 Å². The van der Waals surface area contributed by atoms with Gasteiger partial charge in [0, 0.05) is 12.0 Å². The monoisotopic (exact) mass is 233 g/mol. The summed E-state index contributed by atoms with van der Waals surface area (Å²) in [7, 11) is 0. The van der Waals surface area contributed by atoms with Crippen LogP contribution in [0.3, 0.4) is 0 Å². The molecule has 1 aromatic rings. The number of carbonyl (C=O) groups excluding carboxylic acids is 1. The zero-order valence-corrected chi connectivity index (χ0v) is 10.4. The highest BCUT2D eigenvalue weighted by Gasteiger charge is 2.21. The van der Waals surface area contributed by atoms with Crippen LogP contribution < -0.4 is 10.1 Å². The molecule has 1 saturated heterocycles. The van der Waals surface area contributed by atoms with Crippen molar-refractivity contribution in [2.75, 3.05) is 13.1 Å². The fraction of sp³-hybridized carbons (Fsp3) is 0.500. The van der Waals surface area contributed by atoms with Crippen molar-refractivity contribution in [3.05, 3.63) is 29.8 Å². The van der Waals surface area contributed by atoms with Crippen molar-refractivity contribution in [2.45, 2.75) is 26.4 Å². The van der Waals surface area contributed by atoms with Crippen LogP contribution in [-0.2, 0) is 0 Å². The largest absolute Gasteiger partial charge is 0.491 e. The van der Waals surface area contributed by atoms with Gasteiger partial charge in [0.05, 0.1) is 6.10 Å². The van der Waals surface area contributed by atoms with E-state index in [1.165, 1.54) is 0 Å². The molecule has 0 aliphatic carbocycles. The number of hydrogen-bond acceptors (Lipinski definition) is 3. The fourth-order valence-electron chi connectivity index (χ4n) is 1.89. The second-order valence-corrected chi connectivity index (χ2v) is 4.85. The van der Waals surface area contributed by atoms with Gasteiger partial charge in [0.25, 0.3) is 0 Å². The van der Waals surface area contributed by atoms with Gasteiger partial charge in [-0.25, -0.2) is 0 Å². The Kier molecular flexibility index (Phi) is 3.79. The SMILES string of the molecule is CC(C)Oc1cccc(C(=O)CC2CNC2)c1. The van der Waals surface area contributed by atoms with Gasteiger partial charge in [-0.05, 0) is 45.0 Å². The predicted molar refractivity (Wildman–Crippen MR) is 67.5 cm³/mol. The van der Waals surface area contributed by atoms with Gasteiger partial charge in [-0.2, -0.15) is 0 Å². The first-order valence-corrected chi connectivity index (χ1v) is 6.16. The Morgan fingerprint density at radius 1 is 1.47 bits per heavy atom. The fourth-order valence-corrected chi connectivity index (χ4v) is 1.89. The summed E-state index contributed by atoms with van der Waals surface area (Å²) < 4.78 is 5.59. The Labute approximate surface area is 102 Å². The summed E-state index contributed by atoms with van der Waals surface area (Å²) in [5, 5.41) is 3.18. The summed E-state index contributed by atoms with van der Waals surface area (Å²) in [6.07, 6.45) is 0.772. The van der Waals surface area contributed by atoms with E-state index >= 15 is 0 Å². The van der Waals surface area contributed by atoms with Crippen molar-refractivity contribution in [3.8, 4) is 5.75 Å². The van der Waals surface area contributed by atoms with E-state index in [1.54, 1.807) is 0 Å². The zero-order valence-electron chi connectivity index (χ0n) is 10.4. The molecule has 1 fully saturated rings. The molecule has 1 N–H and O–H groups in total. The minimum absolute atomic E-state index is 0.135. The van der Waals surface area contributed by atoms with Crippen molar-refractivity contribution < 1.29 is 9.53 Å². The quantitative estimate of drug-likeness (QED) is 0.793. The van der Waals surface area contributed by atoms with Gasteiger partial charge in [-0.1, -0.05) is 12.1 Å². The van der Waals surface area contributed by atoms with Crippen molar-refractivity contribution >= 4 is 5.78 Å². The van der Waals surface area contributed by atoms with Gasteiger partial charge in [-0.3, -0.25) is 4.79 Å². The van der Waals surface area contributed by atoms with Crippen molar-refractivity contribution in [1.29, 1.82) is 0 Å². The molecule has 0 spiro atoms. The molecule has 0 bridgehead atoms. The molecule has 17 heavy (non-hydrogen) atoms. The molecule has 0 atom stereocenters. The Hall–Kier alpha value is -1.35. The molecule has 0 saturated carbocycles. The summed E-state index contributed by atoms with van der Waals surface area (Å²) in [6, 6.07) is 7.47. The Morgan fingerprint density at radius 2 is 2.24 bits per heavy atom. The van der Waals surface area contributed by atoms with Crippen LogP contribution in [0.2, 0.25) is 0 Å². The second kappa shape index (κ2) is 5.32. The number of Topliss-reactive ketones (excluding diaryl/α,β-unsaturated/α-hetero) is 1. The first-order valence-electron chi connectivity index (χ1n) is 6.16. The van der Waals surface area contributed by atoms with Gasteiger partial charge in [0.15, 0.2) is 5.78 Å². The molecule has 3 heteroatoms. The maximum absolute atomic E-state index is 12.0. The highest BCUT2D eigenvalue weighted by molar-refractivity contribution is 5.96. The summed E-state index contributed by atoms with van der Waals surface area (Å²) in [5.41, 5.74) is 0.759. The van der Waals surface area contributed by atoms with Crippen LogP contribution >= 0.6 is 0 Å². The number of benzene rings is 1. The van der Waals surface area contributed by atoms with E-state index in [0.29, 0.717) is 12.3 Å². The van der Waals surface area contributed by atoms with Crippen molar-refractivity contribution in [1.82, 2.24) is 5.32 Å². The van der Waals surface area contributed by atoms with Gasteiger partial charge in [0.1, 0.15) is 5.75 Å². The van der Waals surface area contributed by atoms with Crippen LogP contribution in [0.15, 0.2) is 24.3 Å². The molecule has 1 aromatic carbocycles. The van der Waals surface area contributed by atoms with E-state index in [-0.39, 0.29) is 11.9 Å². The lowest BCUT2D eigenvalue weighted by molar-refractivity contribution is 0.0945. The Morgan fingerprint density at radius 3 is 2.82 bits per heavy atom. The van der Waals surface area contributed by atoms with E-state index in [9.17, 15) is 4.79 Å². The number of nitrogens with one attached hydrogen (secondary N) is 1. The molecule has 2 rings (SSSR count). The van der Waals surface area contributed by atoms with Crippen molar-refractivity contribution in [3.63, 3.8) is 0 Å². The maximum Gasteiger partial charge on any atom is 0.163 e. The maximum atomic E-state index is 12.0. The van der Waals surface area contributed by atoms with E-state index in [2.05, 4.69) is 5.32 Å². The van der Waals surface area contributed by atoms with E-state index in [0.717, 1.165) is 24.4 Å². The van der Waals surface area contributed by atoms with Crippen molar-refractivity contribution in [2.24, 2.45) is 5.92 Å². The lowest BCUT2D eigenvalue weighted by atomic mass is 9.94. The minimum Gasteiger partial charge on any atom is -0.491 e. The molecule has 0 aromatic heterocycles. The third-order valence-electron chi connectivity index (χ3n) is 2.87. The molecule has 1 aliphatic rings. The van der Waals surface area contributed by atoms with E-state index in [4.69, 9.17) is 4.74 Å². The molecular formula is C14H19NO2. The number of carbonyl (C=O) groups is 1. The Balaban J connectivity index is 2.01. The lowest BCUT2D eigenvalue weighted by Crippen LogP contribution is -2.42. The van der Waals surface area contributed by atoms with Gasteiger partial charge in [-0.15, -0.1) is 0 Å². The molecule has 0 amide bonds. The topological polar surface area (TPSA) is 38.3 Å². The third kappa shape index (κ3) is 3.30. The predicted octanol–water partition coefficient (Wildman–Crippen LogP) is 2.27. The molecule has 1 heterocycles. The minimum atomic E-state index is 0.135. The number of ether oxygens (including phenoxy) is 1. The third-order valence-corrected chi connectivity index (χ3v) is 2.87. The summed E-state index contributed by atoms with van der Waals surface area (Å²) in [5.74, 6) is 1.50. The standard InChI is InChI=1S/C14H19NO2/c1-10(2)17-13-5-3-4-12(7-13)14(16)6-11-8-15-9-11/h3-5,7,10-11,15H,6,8-9H2,1-2H3.